The van der Waals surface area contributed by atoms with Gasteiger partial charge in [0, 0.05) is 15.9 Å². The number of aryl methyl sites for hydroxylation is 2. The molecule has 1 aliphatic carbocycles. The van der Waals surface area contributed by atoms with Gasteiger partial charge < -0.3 is 0 Å². The Morgan fingerprint density at radius 1 is 1.33 bits per heavy atom. The first-order valence-electron chi connectivity index (χ1n) is 4.42. The van der Waals surface area contributed by atoms with Crippen LogP contribution in [0, 0.1) is 6.92 Å². The molecule has 64 valence electrons. The highest BCUT2D eigenvalue weighted by atomic mass is 79.9. The Balaban J connectivity index is 2.53. The molecular formula is C10H12BrN. The van der Waals surface area contributed by atoms with Crippen molar-refractivity contribution in [3.05, 3.63) is 27.5 Å². The Morgan fingerprint density at radius 3 is 2.92 bits per heavy atom. The molecule has 0 aliphatic heterocycles. The van der Waals surface area contributed by atoms with Gasteiger partial charge in [-0.25, -0.2) is 0 Å². The molecule has 1 aliphatic rings. The van der Waals surface area contributed by atoms with Crippen molar-refractivity contribution >= 4 is 15.9 Å². The van der Waals surface area contributed by atoms with Crippen molar-refractivity contribution < 1.29 is 0 Å². The average molecular weight is 226 g/mol. The lowest BCUT2D eigenvalue weighted by Crippen LogP contribution is -2.06. The lowest BCUT2D eigenvalue weighted by Gasteiger charge is -2.16. The van der Waals surface area contributed by atoms with Gasteiger partial charge in [0.05, 0.1) is 0 Å². The first-order chi connectivity index (χ1) is 5.77. The van der Waals surface area contributed by atoms with E-state index in [0.29, 0.717) is 0 Å². The SMILES string of the molecule is Cc1cc(Br)c2c(n1)CCCC2. The molecule has 0 bridgehead atoms. The van der Waals surface area contributed by atoms with Gasteiger partial charge in [0.15, 0.2) is 0 Å². The van der Waals surface area contributed by atoms with Gasteiger partial charge in [-0.05, 0) is 44.2 Å². The van der Waals surface area contributed by atoms with Crippen LogP contribution in [0.4, 0.5) is 0 Å². The summed E-state index contributed by atoms with van der Waals surface area (Å²) in [6.07, 6.45) is 4.98. The predicted octanol–water partition coefficient (Wildman–Crippen LogP) is 3.03. The van der Waals surface area contributed by atoms with Crippen molar-refractivity contribution in [3.63, 3.8) is 0 Å². The first kappa shape index (κ1) is 8.24. The van der Waals surface area contributed by atoms with E-state index in [1.165, 1.54) is 35.0 Å². The van der Waals surface area contributed by atoms with Crippen LogP contribution in [0.25, 0.3) is 0 Å². The van der Waals surface area contributed by atoms with Crippen LogP contribution in [0.15, 0.2) is 10.5 Å². The Morgan fingerprint density at radius 2 is 2.08 bits per heavy atom. The monoisotopic (exact) mass is 225 g/mol. The summed E-state index contributed by atoms with van der Waals surface area (Å²) in [4.78, 5) is 4.54. The number of rotatable bonds is 0. The number of hydrogen-bond acceptors (Lipinski definition) is 1. The summed E-state index contributed by atoms with van der Waals surface area (Å²) in [5.74, 6) is 0. The molecule has 12 heavy (non-hydrogen) atoms. The summed E-state index contributed by atoms with van der Waals surface area (Å²) in [5.41, 5.74) is 3.88. The van der Waals surface area contributed by atoms with E-state index < -0.39 is 0 Å². The molecule has 0 unspecified atom stereocenters. The van der Waals surface area contributed by atoms with Crippen molar-refractivity contribution in [1.29, 1.82) is 0 Å². The highest BCUT2D eigenvalue weighted by Crippen LogP contribution is 2.27. The fraction of sp³-hybridized carbons (Fsp3) is 0.500. The van der Waals surface area contributed by atoms with Gasteiger partial charge in [-0.3, -0.25) is 4.98 Å². The third-order valence-corrected chi connectivity index (χ3v) is 3.08. The van der Waals surface area contributed by atoms with Gasteiger partial charge in [-0.1, -0.05) is 15.9 Å². The molecule has 0 fully saturated rings. The minimum atomic E-state index is 1.13. The highest BCUT2D eigenvalue weighted by Gasteiger charge is 2.13. The van der Waals surface area contributed by atoms with Crippen LogP contribution < -0.4 is 0 Å². The number of hydrogen-bond donors (Lipinski definition) is 0. The van der Waals surface area contributed by atoms with E-state index in [9.17, 15) is 0 Å². The zero-order valence-corrected chi connectivity index (χ0v) is 8.82. The number of halogens is 1. The van der Waals surface area contributed by atoms with E-state index in [1.807, 2.05) is 0 Å². The number of pyridine rings is 1. The van der Waals surface area contributed by atoms with Gasteiger partial charge >= 0.3 is 0 Å². The Hall–Kier alpha value is -0.370. The van der Waals surface area contributed by atoms with Crippen molar-refractivity contribution in [2.24, 2.45) is 0 Å². The molecule has 1 nitrogen and oxygen atoms in total. The third-order valence-electron chi connectivity index (χ3n) is 2.37. The van der Waals surface area contributed by atoms with Crippen LogP contribution in [-0.4, -0.2) is 4.98 Å². The van der Waals surface area contributed by atoms with Gasteiger partial charge in [-0.15, -0.1) is 0 Å². The molecule has 0 saturated heterocycles. The fourth-order valence-corrected chi connectivity index (χ4v) is 2.54. The molecule has 0 aromatic carbocycles. The van der Waals surface area contributed by atoms with Gasteiger partial charge in [0.1, 0.15) is 0 Å². The second kappa shape index (κ2) is 3.17. The van der Waals surface area contributed by atoms with Crippen LogP contribution in [-0.2, 0) is 12.8 Å². The smallest absolute Gasteiger partial charge is 0.0450 e. The lowest BCUT2D eigenvalue weighted by molar-refractivity contribution is 0.662. The zero-order chi connectivity index (χ0) is 8.55. The fourth-order valence-electron chi connectivity index (χ4n) is 1.79. The second-order valence-electron chi connectivity index (χ2n) is 3.38. The normalized spacial score (nSPS) is 15.8. The van der Waals surface area contributed by atoms with Gasteiger partial charge in [-0.2, -0.15) is 0 Å². The topological polar surface area (TPSA) is 12.9 Å². The third kappa shape index (κ3) is 1.40. The maximum atomic E-state index is 4.54. The number of fused-ring (bicyclic) bond motifs is 1. The van der Waals surface area contributed by atoms with E-state index in [-0.39, 0.29) is 0 Å². The number of aromatic nitrogens is 1. The van der Waals surface area contributed by atoms with Crippen LogP contribution in [0.2, 0.25) is 0 Å². The molecule has 1 heterocycles. The van der Waals surface area contributed by atoms with Crippen molar-refractivity contribution in [1.82, 2.24) is 4.98 Å². The average Bonchev–Trinajstić information content (AvgIpc) is 2.04. The van der Waals surface area contributed by atoms with Gasteiger partial charge in [0.2, 0.25) is 0 Å². The number of nitrogens with zero attached hydrogens (tertiary/aromatic N) is 1. The molecule has 0 saturated carbocycles. The summed E-state index contributed by atoms with van der Waals surface area (Å²) in [6.45, 7) is 2.06. The molecular weight excluding hydrogens is 214 g/mol. The maximum Gasteiger partial charge on any atom is 0.0450 e. The lowest BCUT2D eigenvalue weighted by atomic mass is 9.96. The second-order valence-corrected chi connectivity index (χ2v) is 4.23. The minimum absolute atomic E-state index is 1.13. The standard InChI is InChI=1S/C10H12BrN/c1-7-6-9(11)8-4-2-3-5-10(8)12-7/h6H,2-5H2,1H3. The van der Waals surface area contributed by atoms with Crippen LogP contribution in [0.3, 0.4) is 0 Å². The van der Waals surface area contributed by atoms with E-state index >= 15 is 0 Å². The molecule has 1 aromatic rings. The molecule has 2 heteroatoms. The molecule has 0 spiro atoms. The predicted molar refractivity (Wildman–Crippen MR) is 53.3 cm³/mol. The molecule has 1 aromatic heterocycles. The zero-order valence-electron chi connectivity index (χ0n) is 7.23. The van der Waals surface area contributed by atoms with Crippen LogP contribution in [0.5, 0.6) is 0 Å². The van der Waals surface area contributed by atoms with Crippen molar-refractivity contribution in [3.8, 4) is 0 Å². The van der Waals surface area contributed by atoms with Crippen molar-refractivity contribution in [2.75, 3.05) is 0 Å². The van der Waals surface area contributed by atoms with Crippen LogP contribution in [0.1, 0.15) is 29.8 Å². The molecule has 0 radical (unpaired) electrons. The van der Waals surface area contributed by atoms with E-state index in [1.54, 1.807) is 0 Å². The summed E-state index contributed by atoms with van der Waals surface area (Å²) in [7, 11) is 0. The molecule has 0 atom stereocenters. The van der Waals surface area contributed by atoms with E-state index in [4.69, 9.17) is 0 Å². The van der Waals surface area contributed by atoms with E-state index in [0.717, 1.165) is 12.1 Å². The van der Waals surface area contributed by atoms with Crippen LogP contribution >= 0.6 is 15.9 Å². The highest BCUT2D eigenvalue weighted by molar-refractivity contribution is 9.10. The Labute approximate surface area is 81.3 Å². The summed E-state index contributed by atoms with van der Waals surface area (Å²) < 4.78 is 1.25. The summed E-state index contributed by atoms with van der Waals surface area (Å²) in [5, 5.41) is 0. The Bertz CT molecular complexity index is 307. The molecule has 0 amide bonds. The molecule has 0 N–H and O–H groups in total. The minimum Gasteiger partial charge on any atom is -0.258 e. The largest absolute Gasteiger partial charge is 0.258 e. The Kier molecular flexibility index (Phi) is 2.18. The van der Waals surface area contributed by atoms with E-state index in [2.05, 4.69) is 33.9 Å². The van der Waals surface area contributed by atoms with Gasteiger partial charge in [0.25, 0.3) is 0 Å². The van der Waals surface area contributed by atoms with Crippen molar-refractivity contribution in [2.45, 2.75) is 32.6 Å². The first-order valence-corrected chi connectivity index (χ1v) is 5.21. The quantitative estimate of drug-likeness (QED) is 0.662. The summed E-state index contributed by atoms with van der Waals surface area (Å²) >= 11 is 3.59. The summed E-state index contributed by atoms with van der Waals surface area (Å²) in [6, 6.07) is 2.12. The maximum absolute atomic E-state index is 4.54. The molecule has 2 rings (SSSR count).